The maximum absolute atomic E-state index is 11.9. The average Bonchev–Trinajstić information content (AvgIpc) is 3.08. The Morgan fingerprint density at radius 3 is 2.62 bits per heavy atom. The molecule has 0 N–H and O–H groups in total. The number of esters is 1. The van der Waals surface area contributed by atoms with Crippen LogP contribution in [0.5, 0.6) is 0 Å². The zero-order valence-corrected chi connectivity index (χ0v) is 18.9. The van der Waals surface area contributed by atoms with Gasteiger partial charge in [0, 0.05) is 16.0 Å². The number of furan rings is 1. The lowest BCUT2D eigenvalue weighted by Gasteiger charge is -2.03. The van der Waals surface area contributed by atoms with E-state index >= 15 is 0 Å². The molecular weight excluding hydrogens is 474 g/mol. The van der Waals surface area contributed by atoms with Crippen molar-refractivity contribution in [3.8, 4) is 0 Å². The van der Waals surface area contributed by atoms with Crippen molar-refractivity contribution in [1.29, 1.82) is 0 Å². The summed E-state index contributed by atoms with van der Waals surface area (Å²) in [5.41, 5.74) is 1.23. The summed E-state index contributed by atoms with van der Waals surface area (Å²) in [4.78, 5) is 17.4. The molecule has 0 aliphatic heterocycles. The largest absolute Gasteiger partial charge is 0.462 e. The lowest BCUT2D eigenvalue weighted by Crippen LogP contribution is -2.05. The molecular formula is C22H19BrClNO3S. The van der Waals surface area contributed by atoms with Crippen molar-refractivity contribution >= 4 is 57.2 Å². The van der Waals surface area contributed by atoms with E-state index < -0.39 is 0 Å². The standard InChI is InChI=1S/C22H19BrClNO3S/c1-2-3-12-27-21(26)15-4-8-17(9-5-15)25-14-18-13-20(23)22(28-18)29-19-10-6-16(24)7-11-19/h4-11,13-14H,2-3,12H2,1H3. The van der Waals surface area contributed by atoms with Crippen LogP contribution < -0.4 is 0 Å². The van der Waals surface area contributed by atoms with E-state index in [2.05, 4.69) is 27.8 Å². The second-order valence-corrected chi connectivity index (χ2v) is 8.47. The molecule has 4 nitrogen and oxygen atoms in total. The van der Waals surface area contributed by atoms with Gasteiger partial charge in [-0.25, -0.2) is 4.79 Å². The van der Waals surface area contributed by atoms with Gasteiger partial charge < -0.3 is 9.15 Å². The van der Waals surface area contributed by atoms with Crippen LogP contribution >= 0.6 is 39.3 Å². The van der Waals surface area contributed by atoms with Crippen molar-refractivity contribution < 1.29 is 13.9 Å². The predicted molar refractivity (Wildman–Crippen MR) is 121 cm³/mol. The fraction of sp³-hybridized carbons (Fsp3) is 0.182. The summed E-state index contributed by atoms with van der Waals surface area (Å²) in [6.45, 7) is 2.50. The molecule has 1 heterocycles. The Morgan fingerprint density at radius 2 is 1.93 bits per heavy atom. The van der Waals surface area contributed by atoms with Gasteiger partial charge in [-0.2, -0.15) is 0 Å². The molecule has 7 heteroatoms. The highest BCUT2D eigenvalue weighted by Crippen LogP contribution is 2.36. The first kappa shape index (κ1) is 21.7. The third-order valence-electron chi connectivity index (χ3n) is 3.87. The molecule has 3 rings (SSSR count). The van der Waals surface area contributed by atoms with Gasteiger partial charge >= 0.3 is 5.97 Å². The number of carbonyl (C=O) groups is 1. The third kappa shape index (κ3) is 6.49. The van der Waals surface area contributed by atoms with Crippen LogP contribution in [-0.2, 0) is 4.74 Å². The van der Waals surface area contributed by atoms with E-state index in [1.807, 2.05) is 30.3 Å². The van der Waals surface area contributed by atoms with Crippen LogP contribution in [0.2, 0.25) is 5.02 Å². The minimum Gasteiger partial charge on any atom is -0.462 e. The van der Waals surface area contributed by atoms with Gasteiger partial charge in [0.15, 0.2) is 5.09 Å². The molecule has 0 aliphatic carbocycles. The van der Waals surface area contributed by atoms with E-state index in [0.717, 1.165) is 33.0 Å². The summed E-state index contributed by atoms with van der Waals surface area (Å²) >= 11 is 10.9. The van der Waals surface area contributed by atoms with Crippen LogP contribution in [0.15, 0.2) is 78.5 Å². The van der Waals surface area contributed by atoms with Crippen LogP contribution in [0.1, 0.15) is 35.9 Å². The number of hydrogen-bond donors (Lipinski definition) is 0. The Balaban J connectivity index is 1.62. The predicted octanol–water partition coefficient (Wildman–Crippen LogP) is 7.55. The van der Waals surface area contributed by atoms with E-state index in [1.54, 1.807) is 30.5 Å². The summed E-state index contributed by atoms with van der Waals surface area (Å²) in [6.07, 6.45) is 3.50. The number of rotatable bonds is 8. The molecule has 0 atom stereocenters. The number of nitrogens with zero attached hydrogens (tertiary/aromatic N) is 1. The number of aliphatic imine (C=N–C) groups is 1. The molecule has 0 amide bonds. The van der Waals surface area contributed by atoms with Gasteiger partial charge in [0.05, 0.1) is 28.5 Å². The van der Waals surface area contributed by atoms with E-state index in [4.69, 9.17) is 20.8 Å². The Morgan fingerprint density at radius 1 is 1.21 bits per heavy atom. The molecule has 29 heavy (non-hydrogen) atoms. The van der Waals surface area contributed by atoms with Crippen molar-refractivity contribution in [2.45, 2.75) is 29.8 Å². The third-order valence-corrected chi connectivity index (χ3v) is 5.97. The maximum atomic E-state index is 11.9. The molecule has 3 aromatic rings. The summed E-state index contributed by atoms with van der Waals surface area (Å²) < 4.78 is 11.9. The summed E-state index contributed by atoms with van der Waals surface area (Å²) in [5, 5.41) is 1.43. The van der Waals surface area contributed by atoms with E-state index in [9.17, 15) is 4.79 Å². The zero-order chi connectivity index (χ0) is 20.6. The molecule has 2 aromatic carbocycles. The summed E-state index contributed by atoms with van der Waals surface area (Å²) in [5.74, 6) is 0.309. The van der Waals surface area contributed by atoms with Crippen molar-refractivity contribution in [2.75, 3.05) is 6.61 Å². The van der Waals surface area contributed by atoms with Crippen LogP contribution in [0.4, 0.5) is 5.69 Å². The molecule has 0 spiro atoms. The van der Waals surface area contributed by atoms with Crippen molar-refractivity contribution in [3.05, 3.63) is 75.4 Å². The number of ether oxygens (including phenoxy) is 1. The first-order valence-corrected chi connectivity index (χ1v) is 11.1. The Kier molecular flexibility index (Phi) is 7.98. The van der Waals surface area contributed by atoms with Gasteiger partial charge in [-0.3, -0.25) is 4.99 Å². The maximum Gasteiger partial charge on any atom is 0.338 e. The number of hydrogen-bond acceptors (Lipinski definition) is 5. The molecule has 0 unspecified atom stereocenters. The smallest absolute Gasteiger partial charge is 0.338 e. The zero-order valence-electron chi connectivity index (χ0n) is 15.7. The normalized spacial score (nSPS) is 11.1. The lowest BCUT2D eigenvalue weighted by molar-refractivity contribution is 0.0500. The summed E-state index contributed by atoms with van der Waals surface area (Å²) in [7, 11) is 0. The van der Waals surface area contributed by atoms with Gasteiger partial charge in [0.1, 0.15) is 5.76 Å². The average molecular weight is 493 g/mol. The van der Waals surface area contributed by atoms with Crippen LogP contribution in [0.25, 0.3) is 0 Å². The fourth-order valence-electron chi connectivity index (χ4n) is 2.33. The highest BCUT2D eigenvalue weighted by atomic mass is 79.9. The quantitative estimate of drug-likeness (QED) is 0.185. The topological polar surface area (TPSA) is 51.8 Å². The Hall–Kier alpha value is -2.02. The Bertz CT molecular complexity index is 984. The van der Waals surface area contributed by atoms with Gasteiger partial charge in [0.2, 0.25) is 0 Å². The number of unbranched alkanes of at least 4 members (excludes halogenated alkanes) is 1. The lowest BCUT2D eigenvalue weighted by atomic mass is 10.2. The van der Waals surface area contributed by atoms with Gasteiger partial charge in [-0.05, 0) is 70.9 Å². The minimum absolute atomic E-state index is 0.312. The SMILES string of the molecule is CCCCOC(=O)c1ccc(N=Cc2cc(Br)c(Sc3ccc(Cl)cc3)o2)cc1. The Labute approximate surface area is 187 Å². The van der Waals surface area contributed by atoms with Crippen molar-refractivity contribution in [1.82, 2.24) is 0 Å². The number of carbonyl (C=O) groups excluding carboxylic acids is 1. The van der Waals surface area contributed by atoms with Crippen molar-refractivity contribution in [3.63, 3.8) is 0 Å². The molecule has 0 bridgehead atoms. The van der Waals surface area contributed by atoms with Crippen LogP contribution in [0, 0.1) is 0 Å². The molecule has 150 valence electrons. The monoisotopic (exact) mass is 491 g/mol. The number of halogens is 2. The highest BCUT2D eigenvalue weighted by molar-refractivity contribution is 9.10. The number of benzene rings is 2. The first-order chi connectivity index (χ1) is 14.0. The van der Waals surface area contributed by atoms with E-state index in [1.165, 1.54) is 11.8 Å². The molecule has 0 saturated carbocycles. The summed E-state index contributed by atoms with van der Waals surface area (Å²) in [6, 6.07) is 16.4. The van der Waals surface area contributed by atoms with Gasteiger partial charge in [0.25, 0.3) is 0 Å². The molecule has 0 aliphatic rings. The van der Waals surface area contributed by atoms with Gasteiger partial charge in [-0.15, -0.1) is 0 Å². The second-order valence-electron chi connectivity index (χ2n) is 6.13. The highest BCUT2D eigenvalue weighted by Gasteiger charge is 2.10. The molecule has 0 radical (unpaired) electrons. The van der Waals surface area contributed by atoms with Crippen molar-refractivity contribution in [2.24, 2.45) is 4.99 Å². The second kappa shape index (κ2) is 10.7. The van der Waals surface area contributed by atoms with E-state index in [0.29, 0.717) is 23.0 Å². The molecule has 0 saturated heterocycles. The van der Waals surface area contributed by atoms with E-state index in [-0.39, 0.29) is 5.97 Å². The minimum atomic E-state index is -0.312. The molecule has 1 aromatic heterocycles. The van der Waals surface area contributed by atoms with Gasteiger partial charge in [-0.1, -0.05) is 36.7 Å². The van der Waals surface area contributed by atoms with Crippen LogP contribution in [-0.4, -0.2) is 18.8 Å². The first-order valence-electron chi connectivity index (χ1n) is 9.09. The molecule has 0 fully saturated rings. The fourth-order valence-corrected chi connectivity index (χ4v) is 3.78. The van der Waals surface area contributed by atoms with Crippen LogP contribution in [0.3, 0.4) is 0 Å².